The number of benzene rings is 4. The van der Waals surface area contributed by atoms with Crippen molar-refractivity contribution in [1.29, 1.82) is 0 Å². The molecule has 6 rings (SSSR count). The molecule has 14 nitrogen and oxygen atoms in total. The van der Waals surface area contributed by atoms with Crippen LogP contribution < -0.4 is 10.9 Å². The maximum Gasteiger partial charge on any atom is 0.262 e. The molecule has 0 amide bonds. The Morgan fingerprint density at radius 1 is 0.702 bits per heavy atom. The summed E-state index contributed by atoms with van der Waals surface area (Å²) in [6, 6.07) is 14.9. The van der Waals surface area contributed by atoms with Gasteiger partial charge < -0.3 is 23.5 Å². The Labute approximate surface area is 266 Å². The number of carbonyl (C=O) groups excluding carboxylic acids is 2. The van der Waals surface area contributed by atoms with Crippen LogP contribution in [0.1, 0.15) is 31.8 Å². The number of carbonyl (C=O) groups is 2. The van der Waals surface area contributed by atoms with Gasteiger partial charge in [-0.05, 0) is 42.0 Å². The molecular weight excluding hydrogens is 677 g/mol. The number of hydrogen-bond acceptors (Lipinski definition) is 13. The Hall–Kier alpha value is -5.04. The quantitative estimate of drug-likeness (QED) is 0.187. The van der Waals surface area contributed by atoms with E-state index in [0.717, 1.165) is 41.0 Å². The van der Waals surface area contributed by atoms with Gasteiger partial charge >= 0.3 is 0 Å². The van der Waals surface area contributed by atoms with Crippen molar-refractivity contribution in [2.45, 2.75) is 14.7 Å². The third-order valence-electron chi connectivity index (χ3n) is 7.63. The normalized spacial score (nSPS) is 13.0. The molecule has 0 unspecified atom stereocenters. The van der Waals surface area contributed by atoms with Crippen LogP contribution in [0.25, 0.3) is 22.0 Å². The number of fused-ring (bicyclic) bond motifs is 2. The molecule has 0 radical (unpaired) electrons. The summed E-state index contributed by atoms with van der Waals surface area (Å²) in [7, 11) is -14.5. The summed E-state index contributed by atoms with van der Waals surface area (Å²) >= 11 is 0. The number of hydrogen-bond donors (Lipinski definition) is 1. The highest BCUT2D eigenvalue weighted by Crippen LogP contribution is 2.45. The van der Waals surface area contributed by atoms with Crippen LogP contribution in [0.15, 0.2) is 98.3 Å². The molecule has 47 heavy (non-hydrogen) atoms. The van der Waals surface area contributed by atoms with Crippen LogP contribution in [-0.4, -0.2) is 55.0 Å². The number of nitrogens with one attached hydrogen (secondary N) is 1. The standard InChI is InChI=1S/C30H20N2O12S3/c1-32-20-13-12-19(31-27-21(46(39,40)41)10-5-11-22(27)47(42,43)44)24-25(20)23(17-8-2-3-9-18(17)29(24)34)26(30(32)35)28(33)15-6-4-7-16(14-15)45(36,37)38/h2-14,31H,1H3,(H,36,37,38)(H,39,40,41)(H,42,43,44)/p-3. The van der Waals surface area contributed by atoms with Gasteiger partial charge in [-0.3, -0.25) is 14.4 Å². The number of rotatable bonds is 7. The molecule has 1 N–H and O–H groups in total. The molecule has 0 bridgehead atoms. The average Bonchev–Trinajstić information content (AvgIpc) is 3.00. The van der Waals surface area contributed by atoms with Gasteiger partial charge in [0.05, 0.1) is 42.7 Å². The summed E-state index contributed by atoms with van der Waals surface area (Å²) in [5.74, 6) is -1.71. The average molecular weight is 694 g/mol. The minimum absolute atomic E-state index is 0.0225. The van der Waals surface area contributed by atoms with Crippen molar-refractivity contribution in [3.05, 3.63) is 111 Å². The van der Waals surface area contributed by atoms with Crippen LogP contribution >= 0.6 is 0 Å². The summed E-state index contributed by atoms with van der Waals surface area (Å²) in [6.07, 6.45) is 0. The first-order valence-electron chi connectivity index (χ1n) is 13.2. The number of pyridine rings is 1. The van der Waals surface area contributed by atoms with E-state index < -0.39 is 73.4 Å². The van der Waals surface area contributed by atoms with Crippen LogP contribution in [0.5, 0.6) is 0 Å². The molecule has 0 saturated carbocycles. The molecule has 5 aromatic rings. The van der Waals surface area contributed by atoms with Crippen molar-refractivity contribution in [1.82, 2.24) is 4.57 Å². The number of aromatic nitrogens is 1. The molecule has 1 heterocycles. The third-order valence-corrected chi connectivity index (χ3v) is 10.2. The number of anilines is 2. The zero-order chi connectivity index (χ0) is 34.2. The molecule has 4 aromatic carbocycles. The van der Waals surface area contributed by atoms with Gasteiger partial charge in [0.1, 0.15) is 30.4 Å². The monoisotopic (exact) mass is 693 g/mol. The van der Waals surface area contributed by atoms with E-state index in [1.807, 2.05) is 0 Å². The molecular formula is C30H17N2O12S3-3. The van der Waals surface area contributed by atoms with Gasteiger partial charge in [0.2, 0.25) is 0 Å². The first-order chi connectivity index (χ1) is 21.9. The molecule has 1 aromatic heterocycles. The van der Waals surface area contributed by atoms with Crippen molar-refractivity contribution in [3.63, 3.8) is 0 Å². The van der Waals surface area contributed by atoms with E-state index in [4.69, 9.17) is 0 Å². The van der Waals surface area contributed by atoms with Crippen molar-refractivity contribution < 1.29 is 48.5 Å². The van der Waals surface area contributed by atoms with Crippen LogP contribution in [0, 0.1) is 0 Å². The summed E-state index contributed by atoms with van der Waals surface area (Å²) in [4.78, 5) is 39.0. The third kappa shape index (κ3) is 5.24. The van der Waals surface area contributed by atoms with Gasteiger partial charge in [-0.15, -0.1) is 0 Å². The SMILES string of the molecule is Cn1c(=O)c(C(=O)c2cccc(S(=O)(=O)[O-])c2)c2c3c(c(Nc4c(S(=O)(=O)[O-])cccc4S(=O)(=O)[O-])ccc31)C(=O)c1ccccc1-2. The highest BCUT2D eigenvalue weighted by Gasteiger charge is 2.34. The van der Waals surface area contributed by atoms with E-state index in [9.17, 15) is 53.3 Å². The van der Waals surface area contributed by atoms with Crippen molar-refractivity contribution in [2.75, 3.05) is 5.32 Å². The topological polar surface area (TPSA) is 240 Å². The second-order valence-corrected chi connectivity index (χ2v) is 14.4. The Morgan fingerprint density at radius 3 is 1.89 bits per heavy atom. The Bertz CT molecular complexity index is 2590. The smallest absolute Gasteiger partial charge is 0.262 e. The lowest BCUT2D eigenvalue weighted by molar-refractivity contribution is 0.102. The van der Waals surface area contributed by atoms with E-state index >= 15 is 0 Å². The van der Waals surface area contributed by atoms with Crippen LogP contribution in [0.3, 0.4) is 0 Å². The van der Waals surface area contributed by atoms with E-state index in [-0.39, 0.29) is 44.4 Å². The summed E-state index contributed by atoms with van der Waals surface area (Å²) in [5.41, 5.74) is -3.05. The van der Waals surface area contributed by atoms with Crippen LogP contribution in [-0.2, 0) is 37.4 Å². The lowest BCUT2D eigenvalue weighted by Gasteiger charge is -2.26. The Balaban J connectivity index is 1.73. The Morgan fingerprint density at radius 2 is 1.30 bits per heavy atom. The lowest BCUT2D eigenvalue weighted by atomic mass is 9.80. The molecule has 0 spiro atoms. The van der Waals surface area contributed by atoms with E-state index in [1.54, 1.807) is 0 Å². The molecule has 240 valence electrons. The summed E-state index contributed by atoms with van der Waals surface area (Å²) < 4.78 is 109. The summed E-state index contributed by atoms with van der Waals surface area (Å²) in [6.45, 7) is 0. The highest BCUT2D eigenvalue weighted by atomic mass is 32.2. The molecule has 1 aliphatic rings. The maximum atomic E-state index is 14.1. The van der Waals surface area contributed by atoms with E-state index in [1.165, 1.54) is 49.5 Å². The van der Waals surface area contributed by atoms with E-state index in [2.05, 4.69) is 5.32 Å². The molecule has 0 atom stereocenters. The first-order valence-corrected chi connectivity index (χ1v) is 17.4. The first kappa shape index (κ1) is 31.9. The largest absolute Gasteiger partial charge is 0.744 e. The van der Waals surface area contributed by atoms with Gasteiger partial charge in [-0.2, -0.15) is 0 Å². The fourth-order valence-corrected chi connectivity index (χ4v) is 7.50. The van der Waals surface area contributed by atoms with Gasteiger partial charge in [0.25, 0.3) is 5.56 Å². The number of para-hydroxylation sites is 1. The van der Waals surface area contributed by atoms with Crippen LogP contribution in [0.4, 0.5) is 11.4 Å². The zero-order valence-electron chi connectivity index (χ0n) is 23.6. The van der Waals surface area contributed by atoms with Gasteiger partial charge in [0.15, 0.2) is 11.6 Å². The van der Waals surface area contributed by atoms with E-state index in [0.29, 0.717) is 0 Å². The maximum absolute atomic E-state index is 14.1. The van der Waals surface area contributed by atoms with Gasteiger partial charge in [0, 0.05) is 29.1 Å². The second-order valence-electron chi connectivity index (χ2n) is 10.3. The highest BCUT2D eigenvalue weighted by molar-refractivity contribution is 7.87. The zero-order valence-corrected chi connectivity index (χ0v) is 26.0. The number of nitrogens with zero attached hydrogens (tertiary/aromatic N) is 1. The molecule has 0 aliphatic heterocycles. The molecule has 0 fully saturated rings. The fraction of sp³-hybridized carbons (Fsp3) is 0.0333. The number of aryl methyl sites for hydroxylation is 1. The predicted molar refractivity (Wildman–Crippen MR) is 162 cm³/mol. The van der Waals surface area contributed by atoms with Gasteiger partial charge in [-0.25, -0.2) is 25.3 Å². The van der Waals surface area contributed by atoms with Crippen molar-refractivity contribution >= 4 is 64.2 Å². The van der Waals surface area contributed by atoms with Crippen molar-refractivity contribution in [3.8, 4) is 11.1 Å². The fourth-order valence-electron chi connectivity index (χ4n) is 5.61. The second kappa shape index (κ2) is 10.8. The summed E-state index contributed by atoms with van der Waals surface area (Å²) in [5, 5.41) is 2.45. The minimum atomic E-state index is -5.39. The predicted octanol–water partition coefficient (Wildman–Crippen LogP) is 2.44. The Kier molecular flexibility index (Phi) is 7.31. The van der Waals surface area contributed by atoms with Gasteiger partial charge in [-0.1, -0.05) is 42.5 Å². The molecule has 17 heteroatoms. The molecule has 0 saturated heterocycles. The van der Waals surface area contributed by atoms with Crippen LogP contribution in [0.2, 0.25) is 0 Å². The molecule has 1 aliphatic carbocycles. The van der Waals surface area contributed by atoms with Crippen molar-refractivity contribution in [2.24, 2.45) is 7.05 Å². The number of ketones is 2. The minimum Gasteiger partial charge on any atom is -0.744 e. The lowest BCUT2D eigenvalue weighted by Crippen LogP contribution is -2.29.